The molecule has 1 unspecified atom stereocenters. The normalized spacial score (nSPS) is 19.3. The minimum Gasteiger partial charge on any atom is -0.356 e. The summed E-state index contributed by atoms with van der Waals surface area (Å²) in [5.41, 5.74) is 1.05. The Bertz CT molecular complexity index is 437. The first-order chi connectivity index (χ1) is 8.47. The molecule has 98 valence electrons. The number of nitrogens with zero attached hydrogens (tertiary/aromatic N) is 1. The Labute approximate surface area is 108 Å². The average Bonchev–Trinajstić information content (AvgIpc) is 2.73. The van der Waals surface area contributed by atoms with Crippen LogP contribution in [-0.4, -0.2) is 25.1 Å². The summed E-state index contributed by atoms with van der Waals surface area (Å²) in [6.07, 6.45) is 0. The van der Waals surface area contributed by atoms with Crippen LogP contribution in [0.25, 0.3) is 0 Å². The van der Waals surface area contributed by atoms with Crippen LogP contribution in [0.3, 0.4) is 0 Å². The second kappa shape index (κ2) is 4.96. The maximum atomic E-state index is 12.9. The lowest BCUT2D eigenvalue weighted by Gasteiger charge is -2.26. The molecule has 0 saturated heterocycles. The van der Waals surface area contributed by atoms with E-state index in [-0.39, 0.29) is 11.2 Å². The number of hydrogen-bond acceptors (Lipinski definition) is 3. The fourth-order valence-corrected chi connectivity index (χ4v) is 1.97. The van der Waals surface area contributed by atoms with Crippen molar-refractivity contribution < 1.29 is 4.39 Å². The lowest BCUT2D eigenvalue weighted by molar-refractivity contribution is 0.507. The van der Waals surface area contributed by atoms with Crippen molar-refractivity contribution in [2.75, 3.05) is 13.1 Å². The Morgan fingerprint density at radius 3 is 2.61 bits per heavy atom. The summed E-state index contributed by atoms with van der Waals surface area (Å²) < 4.78 is 12.9. The van der Waals surface area contributed by atoms with Crippen molar-refractivity contribution in [2.45, 2.75) is 32.2 Å². The molecule has 0 aromatic heterocycles. The van der Waals surface area contributed by atoms with Gasteiger partial charge in [-0.05, 0) is 24.6 Å². The van der Waals surface area contributed by atoms with E-state index in [0.29, 0.717) is 6.04 Å². The van der Waals surface area contributed by atoms with Gasteiger partial charge in [-0.1, -0.05) is 26.0 Å². The van der Waals surface area contributed by atoms with Crippen molar-refractivity contribution in [2.24, 2.45) is 4.99 Å². The molecule has 0 spiro atoms. The third-order valence-electron chi connectivity index (χ3n) is 3.23. The molecule has 1 aromatic rings. The van der Waals surface area contributed by atoms with Gasteiger partial charge >= 0.3 is 0 Å². The molecule has 2 rings (SSSR count). The highest BCUT2D eigenvalue weighted by atomic mass is 19.1. The van der Waals surface area contributed by atoms with Crippen molar-refractivity contribution in [3.8, 4) is 0 Å². The van der Waals surface area contributed by atoms with Gasteiger partial charge in [-0.25, -0.2) is 4.39 Å². The van der Waals surface area contributed by atoms with Crippen molar-refractivity contribution in [3.05, 3.63) is 35.6 Å². The fourth-order valence-electron chi connectivity index (χ4n) is 1.97. The quantitative estimate of drug-likeness (QED) is 0.860. The summed E-state index contributed by atoms with van der Waals surface area (Å²) in [4.78, 5) is 4.36. The monoisotopic (exact) mass is 249 g/mol. The van der Waals surface area contributed by atoms with E-state index in [0.717, 1.165) is 24.6 Å². The zero-order valence-corrected chi connectivity index (χ0v) is 11.1. The predicted octanol–water partition coefficient (Wildman–Crippen LogP) is 2.04. The zero-order chi connectivity index (χ0) is 13.2. The smallest absolute Gasteiger partial charge is 0.191 e. The lowest BCUT2D eigenvalue weighted by Crippen LogP contribution is -2.43. The minimum atomic E-state index is -0.196. The fraction of sp³-hybridized carbons (Fsp3) is 0.500. The van der Waals surface area contributed by atoms with Crippen molar-refractivity contribution in [1.82, 2.24) is 10.6 Å². The highest BCUT2D eigenvalue weighted by molar-refractivity contribution is 5.81. The summed E-state index contributed by atoms with van der Waals surface area (Å²) in [6.45, 7) is 7.94. The topological polar surface area (TPSA) is 36.4 Å². The molecule has 0 amide bonds. The third-order valence-corrected chi connectivity index (χ3v) is 3.23. The first kappa shape index (κ1) is 12.9. The number of aliphatic imine (C=N–C) groups is 1. The molecule has 1 heterocycles. The molecule has 4 heteroatoms. The number of hydrogen-bond donors (Lipinski definition) is 2. The van der Waals surface area contributed by atoms with Crippen LogP contribution in [0.15, 0.2) is 29.3 Å². The Morgan fingerprint density at radius 1 is 1.39 bits per heavy atom. The second-order valence-corrected chi connectivity index (χ2v) is 5.48. The van der Waals surface area contributed by atoms with Gasteiger partial charge in [-0.15, -0.1) is 0 Å². The first-order valence-corrected chi connectivity index (χ1v) is 6.28. The molecule has 1 aliphatic heterocycles. The second-order valence-electron chi connectivity index (χ2n) is 5.48. The first-order valence-electron chi connectivity index (χ1n) is 6.28. The highest BCUT2D eigenvalue weighted by Gasteiger charge is 2.22. The maximum absolute atomic E-state index is 12.9. The van der Waals surface area contributed by atoms with E-state index in [1.165, 1.54) is 12.1 Å². The molecule has 1 aliphatic rings. The van der Waals surface area contributed by atoms with Gasteiger partial charge in [0.2, 0.25) is 0 Å². The van der Waals surface area contributed by atoms with E-state index in [9.17, 15) is 4.39 Å². The van der Waals surface area contributed by atoms with Crippen molar-refractivity contribution >= 4 is 5.96 Å². The summed E-state index contributed by atoms with van der Waals surface area (Å²) >= 11 is 0. The predicted molar refractivity (Wildman–Crippen MR) is 72.3 cm³/mol. The van der Waals surface area contributed by atoms with Gasteiger partial charge in [0.25, 0.3) is 0 Å². The van der Waals surface area contributed by atoms with E-state index < -0.39 is 0 Å². The van der Waals surface area contributed by atoms with Crippen molar-refractivity contribution in [1.29, 1.82) is 0 Å². The van der Waals surface area contributed by atoms with Crippen LogP contribution in [0.2, 0.25) is 0 Å². The molecule has 0 radical (unpaired) electrons. The van der Waals surface area contributed by atoms with Gasteiger partial charge in [0.15, 0.2) is 5.96 Å². The Balaban J connectivity index is 1.97. The summed E-state index contributed by atoms with van der Waals surface area (Å²) in [5.74, 6) is 0.663. The van der Waals surface area contributed by atoms with Crippen molar-refractivity contribution in [3.63, 3.8) is 0 Å². The molecule has 2 N–H and O–H groups in total. The van der Waals surface area contributed by atoms with E-state index in [2.05, 4.69) is 36.4 Å². The molecule has 3 nitrogen and oxygen atoms in total. The van der Waals surface area contributed by atoms with Crippen LogP contribution in [0.1, 0.15) is 26.3 Å². The molecule has 18 heavy (non-hydrogen) atoms. The lowest BCUT2D eigenvalue weighted by atomic mass is 9.84. The van der Waals surface area contributed by atoms with Gasteiger partial charge in [-0.2, -0.15) is 0 Å². The molecule has 1 aromatic carbocycles. The van der Waals surface area contributed by atoms with Gasteiger partial charge in [0.05, 0.1) is 6.54 Å². The van der Waals surface area contributed by atoms with Crippen LogP contribution >= 0.6 is 0 Å². The zero-order valence-electron chi connectivity index (χ0n) is 11.1. The van der Waals surface area contributed by atoms with Crippen LogP contribution < -0.4 is 10.6 Å². The number of nitrogens with one attached hydrogen (secondary N) is 2. The Morgan fingerprint density at radius 2 is 2.06 bits per heavy atom. The van der Waals surface area contributed by atoms with Crippen LogP contribution in [0.4, 0.5) is 4.39 Å². The number of benzene rings is 1. The van der Waals surface area contributed by atoms with Gasteiger partial charge in [0, 0.05) is 18.0 Å². The largest absolute Gasteiger partial charge is 0.356 e. The van der Waals surface area contributed by atoms with Gasteiger partial charge in [0.1, 0.15) is 5.82 Å². The molecular weight excluding hydrogens is 229 g/mol. The molecule has 0 fully saturated rings. The molecule has 0 saturated carbocycles. The summed E-state index contributed by atoms with van der Waals surface area (Å²) in [6, 6.07) is 7.09. The maximum Gasteiger partial charge on any atom is 0.191 e. The molecular formula is C14H20FN3. The molecule has 1 atom stereocenters. The highest BCUT2D eigenvalue weighted by Crippen LogP contribution is 2.22. The summed E-state index contributed by atoms with van der Waals surface area (Å²) in [5, 5.41) is 6.58. The molecule has 0 aliphatic carbocycles. The number of halogens is 1. The number of rotatable bonds is 3. The minimum absolute atomic E-state index is 0.0657. The van der Waals surface area contributed by atoms with Crippen LogP contribution in [0, 0.1) is 5.82 Å². The third kappa shape index (κ3) is 3.00. The number of guanidine groups is 1. The van der Waals surface area contributed by atoms with E-state index in [4.69, 9.17) is 0 Å². The van der Waals surface area contributed by atoms with E-state index >= 15 is 0 Å². The average molecular weight is 249 g/mol. The van der Waals surface area contributed by atoms with Gasteiger partial charge in [-0.3, -0.25) is 4.99 Å². The summed E-state index contributed by atoms with van der Waals surface area (Å²) in [7, 11) is 0. The van der Waals surface area contributed by atoms with E-state index in [1.807, 2.05) is 12.1 Å². The standard InChI is InChI=1S/C14H20FN3/c1-10-8-16-13(18-10)17-9-14(2,3)11-4-6-12(15)7-5-11/h4-7,10H,8-9H2,1-3H3,(H2,16,17,18). The van der Waals surface area contributed by atoms with Crippen LogP contribution in [-0.2, 0) is 5.41 Å². The molecule has 0 bridgehead atoms. The van der Waals surface area contributed by atoms with Gasteiger partial charge < -0.3 is 10.6 Å². The van der Waals surface area contributed by atoms with Crippen LogP contribution in [0.5, 0.6) is 0 Å². The SMILES string of the molecule is CC1CN=C(NCC(C)(C)c2ccc(F)cc2)N1. The van der Waals surface area contributed by atoms with E-state index in [1.54, 1.807) is 0 Å². The Kier molecular flexibility index (Phi) is 3.55. The Hall–Kier alpha value is -1.58.